The number of rotatable bonds is 7. The summed E-state index contributed by atoms with van der Waals surface area (Å²) in [6.07, 6.45) is 0.145. The summed E-state index contributed by atoms with van der Waals surface area (Å²) in [6.45, 7) is 7.81. The molecule has 0 bridgehead atoms. The predicted octanol–water partition coefficient (Wildman–Crippen LogP) is 2.36. The molecule has 0 rings (SSSR count). The van der Waals surface area contributed by atoms with Gasteiger partial charge in [0.2, 0.25) is 0 Å². The number of carbonyl (C=O) groups is 1. The lowest BCUT2D eigenvalue weighted by molar-refractivity contribution is -0.110. The van der Waals surface area contributed by atoms with Crippen LogP contribution >= 0.6 is 11.8 Å². The first-order valence-electron chi connectivity index (χ1n) is 5.59. The number of hydrogen-bond donors (Lipinski definition) is 0. The van der Waals surface area contributed by atoms with E-state index in [4.69, 9.17) is 0 Å². The Kier molecular flexibility index (Phi) is 7.31. The fourth-order valence-electron chi connectivity index (χ4n) is 1.16. The summed E-state index contributed by atoms with van der Waals surface area (Å²) < 4.78 is 23.0. The highest BCUT2D eigenvalue weighted by Gasteiger charge is 2.15. The van der Waals surface area contributed by atoms with Crippen LogP contribution in [0.15, 0.2) is 0 Å². The molecule has 0 unspecified atom stereocenters. The number of sulfone groups is 1. The lowest BCUT2D eigenvalue weighted by atomic mass is 10.3. The number of hydrogen-bond acceptors (Lipinski definition) is 4. The molecule has 0 aromatic heterocycles. The summed E-state index contributed by atoms with van der Waals surface area (Å²) in [5.41, 5.74) is 0. The summed E-state index contributed by atoms with van der Waals surface area (Å²) in [5.74, 6) is 1.53. The SMILES string of the molecule is CC(C)CSC(=O)CCS(=O)(=O)CC(C)C. The Bertz CT molecular complexity index is 305. The molecule has 16 heavy (non-hydrogen) atoms. The molecular formula is C11H22O3S2. The van der Waals surface area contributed by atoms with E-state index in [0.29, 0.717) is 5.92 Å². The van der Waals surface area contributed by atoms with Crippen molar-refractivity contribution < 1.29 is 13.2 Å². The van der Waals surface area contributed by atoms with Gasteiger partial charge in [-0.25, -0.2) is 8.42 Å². The Balaban J connectivity index is 3.91. The lowest BCUT2D eigenvalue weighted by Crippen LogP contribution is -2.17. The molecule has 0 fully saturated rings. The van der Waals surface area contributed by atoms with Crippen molar-refractivity contribution in [2.45, 2.75) is 34.1 Å². The fraction of sp³-hybridized carbons (Fsp3) is 0.909. The van der Waals surface area contributed by atoms with E-state index in [2.05, 4.69) is 0 Å². The van der Waals surface area contributed by atoms with Gasteiger partial charge in [-0.15, -0.1) is 0 Å². The minimum Gasteiger partial charge on any atom is -0.287 e. The Morgan fingerprint density at radius 1 is 1.12 bits per heavy atom. The zero-order valence-corrected chi connectivity index (χ0v) is 12.2. The monoisotopic (exact) mass is 266 g/mol. The van der Waals surface area contributed by atoms with E-state index >= 15 is 0 Å². The van der Waals surface area contributed by atoms with Crippen molar-refractivity contribution >= 4 is 26.7 Å². The van der Waals surface area contributed by atoms with Crippen LogP contribution in [-0.4, -0.2) is 30.8 Å². The highest BCUT2D eigenvalue weighted by Crippen LogP contribution is 2.12. The zero-order valence-electron chi connectivity index (χ0n) is 10.5. The smallest absolute Gasteiger partial charge is 0.189 e. The van der Waals surface area contributed by atoms with Gasteiger partial charge in [0.05, 0.1) is 11.5 Å². The first kappa shape index (κ1) is 16.0. The Hall–Kier alpha value is -0.0300. The van der Waals surface area contributed by atoms with E-state index in [9.17, 15) is 13.2 Å². The van der Waals surface area contributed by atoms with Gasteiger partial charge in [0.1, 0.15) is 0 Å². The summed E-state index contributed by atoms with van der Waals surface area (Å²) in [4.78, 5) is 11.4. The van der Waals surface area contributed by atoms with E-state index in [1.165, 1.54) is 11.8 Å². The van der Waals surface area contributed by atoms with Crippen LogP contribution in [0.1, 0.15) is 34.1 Å². The van der Waals surface area contributed by atoms with E-state index in [0.717, 1.165) is 5.75 Å². The summed E-state index contributed by atoms with van der Waals surface area (Å²) in [7, 11) is -3.05. The van der Waals surface area contributed by atoms with Crippen molar-refractivity contribution in [2.75, 3.05) is 17.3 Å². The molecule has 0 heterocycles. The number of thioether (sulfide) groups is 1. The predicted molar refractivity (Wildman–Crippen MR) is 70.4 cm³/mol. The second-order valence-electron chi connectivity index (χ2n) is 4.84. The molecule has 5 heteroatoms. The molecule has 0 N–H and O–H groups in total. The second kappa shape index (κ2) is 7.33. The van der Waals surface area contributed by atoms with Crippen molar-refractivity contribution in [2.24, 2.45) is 11.8 Å². The van der Waals surface area contributed by atoms with E-state index < -0.39 is 9.84 Å². The van der Waals surface area contributed by atoms with Crippen LogP contribution in [0, 0.1) is 11.8 Å². The van der Waals surface area contributed by atoms with Crippen molar-refractivity contribution in [3.8, 4) is 0 Å². The molecule has 0 aliphatic carbocycles. The van der Waals surface area contributed by atoms with Gasteiger partial charge in [-0.05, 0) is 11.8 Å². The third-order valence-electron chi connectivity index (χ3n) is 1.78. The van der Waals surface area contributed by atoms with Crippen LogP contribution in [0.5, 0.6) is 0 Å². The first-order chi connectivity index (χ1) is 7.23. The minimum absolute atomic E-state index is 0.00485. The molecule has 0 saturated heterocycles. The number of carbonyl (C=O) groups excluding carboxylic acids is 1. The van der Waals surface area contributed by atoms with Gasteiger partial charge in [-0.2, -0.15) is 0 Å². The van der Waals surface area contributed by atoms with Crippen LogP contribution in [0.4, 0.5) is 0 Å². The summed E-state index contributed by atoms with van der Waals surface area (Å²) in [5, 5.41) is -0.0129. The van der Waals surface area contributed by atoms with Crippen LogP contribution in [0.2, 0.25) is 0 Å². The average molecular weight is 266 g/mol. The Morgan fingerprint density at radius 3 is 2.12 bits per heavy atom. The zero-order chi connectivity index (χ0) is 12.8. The molecule has 0 aliphatic rings. The third kappa shape index (κ3) is 9.21. The van der Waals surface area contributed by atoms with Gasteiger partial charge in [-0.1, -0.05) is 39.5 Å². The molecule has 3 nitrogen and oxygen atoms in total. The van der Waals surface area contributed by atoms with E-state index in [1.54, 1.807) is 0 Å². The van der Waals surface area contributed by atoms with E-state index in [-0.39, 0.29) is 29.0 Å². The van der Waals surface area contributed by atoms with Crippen molar-refractivity contribution in [1.82, 2.24) is 0 Å². The Morgan fingerprint density at radius 2 is 1.69 bits per heavy atom. The molecule has 0 aliphatic heterocycles. The van der Waals surface area contributed by atoms with Crippen molar-refractivity contribution in [3.63, 3.8) is 0 Å². The van der Waals surface area contributed by atoms with Crippen LogP contribution in [0.25, 0.3) is 0 Å². The first-order valence-corrected chi connectivity index (χ1v) is 8.39. The standard InChI is InChI=1S/C11H22O3S2/c1-9(2)7-15-11(12)5-6-16(13,14)8-10(3)4/h9-10H,5-8H2,1-4H3. The van der Waals surface area contributed by atoms with Gasteiger partial charge in [0.25, 0.3) is 0 Å². The Labute approximate surface area is 103 Å². The highest BCUT2D eigenvalue weighted by atomic mass is 32.2. The van der Waals surface area contributed by atoms with Gasteiger partial charge >= 0.3 is 0 Å². The lowest BCUT2D eigenvalue weighted by Gasteiger charge is -2.06. The van der Waals surface area contributed by atoms with Gasteiger partial charge < -0.3 is 0 Å². The molecule has 0 aromatic carbocycles. The molecule has 0 amide bonds. The molecule has 0 aromatic rings. The maximum Gasteiger partial charge on any atom is 0.189 e. The van der Waals surface area contributed by atoms with Crippen LogP contribution in [-0.2, 0) is 14.6 Å². The van der Waals surface area contributed by atoms with Crippen LogP contribution in [0.3, 0.4) is 0 Å². The largest absolute Gasteiger partial charge is 0.287 e. The van der Waals surface area contributed by atoms with Crippen molar-refractivity contribution in [1.29, 1.82) is 0 Å². The maximum atomic E-state index is 11.5. The molecule has 0 radical (unpaired) electrons. The third-order valence-corrected chi connectivity index (χ3v) is 5.14. The maximum absolute atomic E-state index is 11.5. The fourth-order valence-corrected chi connectivity index (χ4v) is 3.74. The quantitative estimate of drug-likeness (QED) is 0.710. The van der Waals surface area contributed by atoms with Crippen LogP contribution < -0.4 is 0 Å². The van der Waals surface area contributed by atoms with Gasteiger partial charge in [0.15, 0.2) is 15.0 Å². The second-order valence-corrected chi connectivity index (χ2v) is 8.14. The summed E-state index contributed by atoms with van der Waals surface area (Å²) >= 11 is 1.24. The van der Waals surface area contributed by atoms with Gasteiger partial charge in [0, 0.05) is 12.2 Å². The normalized spacial score (nSPS) is 12.4. The van der Waals surface area contributed by atoms with E-state index in [1.807, 2.05) is 27.7 Å². The average Bonchev–Trinajstić information content (AvgIpc) is 2.09. The molecule has 0 atom stereocenters. The van der Waals surface area contributed by atoms with Gasteiger partial charge in [-0.3, -0.25) is 4.79 Å². The molecule has 0 spiro atoms. The minimum atomic E-state index is -3.05. The highest BCUT2D eigenvalue weighted by molar-refractivity contribution is 8.13. The summed E-state index contributed by atoms with van der Waals surface area (Å²) in [6, 6.07) is 0. The molecule has 96 valence electrons. The molecule has 0 saturated carbocycles. The van der Waals surface area contributed by atoms with Crippen molar-refractivity contribution in [3.05, 3.63) is 0 Å². The molecular weight excluding hydrogens is 244 g/mol. The topological polar surface area (TPSA) is 51.2 Å².